The molecule has 152 valence electrons. The molecule has 1 aromatic carbocycles. The fourth-order valence-corrected chi connectivity index (χ4v) is 3.21. The van der Waals surface area contributed by atoms with E-state index in [1.165, 1.54) is 6.08 Å². The van der Waals surface area contributed by atoms with Crippen LogP contribution in [0.3, 0.4) is 0 Å². The van der Waals surface area contributed by atoms with E-state index in [1.807, 2.05) is 18.3 Å². The van der Waals surface area contributed by atoms with Gasteiger partial charge in [0.2, 0.25) is 5.78 Å². The van der Waals surface area contributed by atoms with Gasteiger partial charge in [0.15, 0.2) is 11.5 Å². The average molecular weight is 395 g/mol. The van der Waals surface area contributed by atoms with Crippen LogP contribution in [0.1, 0.15) is 11.1 Å². The summed E-state index contributed by atoms with van der Waals surface area (Å²) in [5, 5.41) is 0. The van der Waals surface area contributed by atoms with Crippen molar-refractivity contribution in [1.82, 2.24) is 14.8 Å². The van der Waals surface area contributed by atoms with Gasteiger partial charge in [-0.25, -0.2) is 0 Å². The minimum atomic E-state index is -0.527. The molecule has 2 aromatic rings. The van der Waals surface area contributed by atoms with Crippen molar-refractivity contribution in [3.63, 3.8) is 0 Å². The summed E-state index contributed by atoms with van der Waals surface area (Å²) >= 11 is 0. The third-order valence-corrected chi connectivity index (χ3v) is 4.83. The molecular weight excluding hydrogens is 370 g/mol. The number of nitrogens with zero attached hydrogens (tertiary/aromatic N) is 3. The van der Waals surface area contributed by atoms with Crippen LogP contribution in [0, 0.1) is 0 Å². The number of carbonyl (C=O) groups excluding carboxylic acids is 2. The summed E-state index contributed by atoms with van der Waals surface area (Å²) in [5.74, 6) is 0.178. The van der Waals surface area contributed by atoms with Crippen LogP contribution in [0.5, 0.6) is 11.5 Å². The number of benzene rings is 1. The van der Waals surface area contributed by atoms with E-state index in [2.05, 4.69) is 9.88 Å². The number of carbonyl (C=O) groups is 2. The van der Waals surface area contributed by atoms with Crippen LogP contribution in [0.2, 0.25) is 0 Å². The Morgan fingerprint density at radius 2 is 1.83 bits per heavy atom. The third kappa shape index (κ3) is 5.42. The first kappa shape index (κ1) is 20.5. The molecule has 7 nitrogen and oxygen atoms in total. The molecule has 0 radical (unpaired) electrons. The van der Waals surface area contributed by atoms with Crippen LogP contribution in [-0.2, 0) is 16.1 Å². The van der Waals surface area contributed by atoms with Crippen molar-refractivity contribution in [2.24, 2.45) is 0 Å². The van der Waals surface area contributed by atoms with Crippen LogP contribution in [0.25, 0.3) is 6.08 Å². The second-order valence-electron chi connectivity index (χ2n) is 6.74. The number of hydrogen-bond acceptors (Lipinski definition) is 6. The normalized spacial score (nSPS) is 14.8. The van der Waals surface area contributed by atoms with E-state index in [0.29, 0.717) is 24.6 Å². The SMILES string of the molecule is COc1ccc(/C=C/C(=O)C(=O)N2CCN(Cc3cccnc3)CC2)cc1OC. The first-order chi connectivity index (χ1) is 14.1. The van der Waals surface area contributed by atoms with Gasteiger partial charge >= 0.3 is 0 Å². The summed E-state index contributed by atoms with van der Waals surface area (Å²) < 4.78 is 10.4. The highest BCUT2D eigenvalue weighted by molar-refractivity contribution is 6.41. The predicted octanol–water partition coefficient (Wildman–Crippen LogP) is 2.03. The molecule has 0 bridgehead atoms. The third-order valence-electron chi connectivity index (χ3n) is 4.83. The van der Waals surface area contributed by atoms with Crippen molar-refractivity contribution in [2.45, 2.75) is 6.54 Å². The van der Waals surface area contributed by atoms with Gasteiger partial charge in [0.25, 0.3) is 5.91 Å². The molecule has 0 N–H and O–H groups in total. The molecule has 3 rings (SSSR count). The predicted molar refractivity (Wildman–Crippen MR) is 110 cm³/mol. The minimum absolute atomic E-state index is 0.470. The molecule has 29 heavy (non-hydrogen) atoms. The van der Waals surface area contributed by atoms with Gasteiger partial charge in [-0.1, -0.05) is 18.2 Å². The molecule has 1 amide bonds. The first-order valence-corrected chi connectivity index (χ1v) is 9.45. The molecule has 2 heterocycles. The van der Waals surface area contributed by atoms with Gasteiger partial charge in [-0.05, 0) is 35.4 Å². The van der Waals surface area contributed by atoms with Gasteiger partial charge < -0.3 is 14.4 Å². The Morgan fingerprint density at radius 3 is 2.48 bits per heavy atom. The molecule has 0 atom stereocenters. The van der Waals surface area contributed by atoms with E-state index in [-0.39, 0.29) is 0 Å². The zero-order valence-corrected chi connectivity index (χ0v) is 16.7. The van der Waals surface area contributed by atoms with E-state index in [1.54, 1.807) is 49.6 Å². The maximum Gasteiger partial charge on any atom is 0.294 e. The zero-order chi connectivity index (χ0) is 20.6. The molecule has 1 aliphatic heterocycles. The van der Waals surface area contributed by atoms with Gasteiger partial charge in [-0.15, -0.1) is 0 Å². The first-order valence-electron chi connectivity index (χ1n) is 9.45. The van der Waals surface area contributed by atoms with Crippen molar-refractivity contribution < 1.29 is 19.1 Å². The van der Waals surface area contributed by atoms with E-state index in [4.69, 9.17) is 9.47 Å². The van der Waals surface area contributed by atoms with E-state index in [0.717, 1.165) is 30.8 Å². The van der Waals surface area contributed by atoms with Crippen molar-refractivity contribution in [2.75, 3.05) is 40.4 Å². The lowest BCUT2D eigenvalue weighted by Crippen LogP contribution is -2.50. The molecule has 0 saturated carbocycles. The molecule has 0 spiro atoms. The molecule has 1 aliphatic rings. The molecule has 1 saturated heterocycles. The topological polar surface area (TPSA) is 72.0 Å². The number of aromatic nitrogens is 1. The second kappa shape index (κ2) is 9.84. The molecular formula is C22H25N3O4. The lowest BCUT2D eigenvalue weighted by atomic mass is 10.1. The number of piperazine rings is 1. The monoisotopic (exact) mass is 395 g/mol. The van der Waals surface area contributed by atoms with Crippen LogP contribution < -0.4 is 9.47 Å². The van der Waals surface area contributed by atoms with Crippen molar-refractivity contribution >= 4 is 17.8 Å². The standard InChI is InChI=1S/C22H25N3O4/c1-28-20-8-6-17(14-21(20)29-2)5-7-19(26)22(27)25-12-10-24(11-13-25)16-18-4-3-9-23-15-18/h3-9,14-15H,10-13,16H2,1-2H3/b7-5+. The molecule has 0 unspecified atom stereocenters. The highest BCUT2D eigenvalue weighted by Crippen LogP contribution is 2.27. The van der Waals surface area contributed by atoms with Gasteiger partial charge in [0, 0.05) is 45.1 Å². The van der Waals surface area contributed by atoms with Gasteiger partial charge in [-0.2, -0.15) is 0 Å². The Bertz CT molecular complexity index is 875. The van der Waals surface area contributed by atoms with Crippen LogP contribution >= 0.6 is 0 Å². The number of pyridine rings is 1. The van der Waals surface area contributed by atoms with Gasteiger partial charge in [0.1, 0.15) is 0 Å². The van der Waals surface area contributed by atoms with Crippen molar-refractivity contribution in [1.29, 1.82) is 0 Å². The smallest absolute Gasteiger partial charge is 0.294 e. The maximum absolute atomic E-state index is 12.5. The van der Waals surface area contributed by atoms with Gasteiger partial charge in [-0.3, -0.25) is 19.5 Å². The summed E-state index contributed by atoms with van der Waals surface area (Å²) in [7, 11) is 3.11. The number of hydrogen-bond donors (Lipinski definition) is 0. The molecule has 7 heteroatoms. The number of amides is 1. The molecule has 1 aromatic heterocycles. The van der Waals surface area contributed by atoms with Crippen LogP contribution in [0.4, 0.5) is 0 Å². The van der Waals surface area contributed by atoms with E-state index >= 15 is 0 Å². The number of ketones is 1. The van der Waals surface area contributed by atoms with E-state index in [9.17, 15) is 9.59 Å². The fraction of sp³-hybridized carbons (Fsp3) is 0.318. The Hall–Kier alpha value is -3.19. The summed E-state index contributed by atoms with van der Waals surface area (Å²) in [4.78, 5) is 32.8. The highest BCUT2D eigenvalue weighted by Gasteiger charge is 2.24. The highest BCUT2D eigenvalue weighted by atomic mass is 16.5. The van der Waals surface area contributed by atoms with Crippen LogP contribution in [0.15, 0.2) is 48.8 Å². The second-order valence-corrected chi connectivity index (χ2v) is 6.74. The summed E-state index contributed by atoms with van der Waals surface area (Å²) in [6.07, 6.45) is 6.52. The Morgan fingerprint density at radius 1 is 1.07 bits per heavy atom. The van der Waals surface area contributed by atoms with E-state index < -0.39 is 11.7 Å². The number of rotatable bonds is 7. The zero-order valence-electron chi connectivity index (χ0n) is 16.7. The van der Waals surface area contributed by atoms with Crippen LogP contribution in [-0.4, -0.2) is 66.9 Å². The lowest BCUT2D eigenvalue weighted by Gasteiger charge is -2.34. The number of methoxy groups -OCH3 is 2. The Kier molecular flexibility index (Phi) is 6.97. The average Bonchev–Trinajstić information content (AvgIpc) is 2.78. The quantitative estimate of drug-likeness (QED) is 0.528. The fourth-order valence-electron chi connectivity index (χ4n) is 3.21. The minimum Gasteiger partial charge on any atom is -0.493 e. The maximum atomic E-state index is 12.5. The summed E-state index contributed by atoms with van der Waals surface area (Å²) in [6.45, 7) is 3.33. The molecule has 0 aliphatic carbocycles. The Balaban J connectivity index is 1.53. The van der Waals surface area contributed by atoms with Crippen molar-refractivity contribution in [3.05, 3.63) is 59.9 Å². The largest absolute Gasteiger partial charge is 0.493 e. The molecule has 1 fully saturated rings. The lowest BCUT2D eigenvalue weighted by molar-refractivity contribution is -0.143. The van der Waals surface area contributed by atoms with Gasteiger partial charge in [0.05, 0.1) is 14.2 Å². The summed E-state index contributed by atoms with van der Waals surface area (Å²) in [6, 6.07) is 9.26. The summed E-state index contributed by atoms with van der Waals surface area (Å²) in [5.41, 5.74) is 1.89. The Labute approximate surface area is 170 Å². The number of ether oxygens (including phenoxy) is 2. The van der Waals surface area contributed by atoms with Crippen molar-refractivity contribution in [3.8, 4) is 11.5 Å².